The quantitative estimate of drug-likeness (QED) is 0.714. The van der Waals surface area contributed by atoms with E-state index in [1.807, 2.05) is 22.0 Å². The molecule has 0 aromatic carbocycles. The number of hydrogen-bond acceptors (Lipinski definition) is 5. The van der Waals surface area contributed by atoms with Crippen LogP contribution in [-0.2, 0) is 6.42 Å². The monoisotopic (exact) mass is 375 g/mol. The van der Waals surface area contributed by atoms with E-state index in [0.29, 0.717) is 12.6 Å². The molecule has 2 N–H and O–H groups in total. The van der Waals surface area contributed by atoms with Gasteiger partial charge in [0.2, 0.25) is 4.96 Å². The molecule has 0 atom stereocenters. The lowest BCUT2D eigenvalue weighted by atomic mass is 9.96. The summed E-state index contributed by atoms with van der Waals surface area (Å²) in [6, 6.07) is 4.31. The highest BCUT2D eigenvalue weighted by Crippen LogP contribution is 2.24. The fraction of sp³-hybridized carbons (Fsp3) is 0.471. The third kappa shape index (κ3) is 3.85. The number of urea groups is 1. The zero-order valence-corrected chi connectivity index (χ0v) is 15.5. The largest absolute Gasteiger partial charge is 0.338 e. The number of rotatable bonds is 5. The predicted octanol–water partition coefficient (Wildman–Crippen LogP) is 3.69. The Bertz CT molecular complexity index is 833. The maximum absolute atomic E-state index is 12.0. The Morgan fingerprint density at radius 3 is 2.96 bits per heavy atom. The van der Waals surface area contributed by atoms with E-state index in [1.165, 1.54) is 19.3 Å². The molecule has 0 spiro atoms. The molecular weight excluding hydrogens is 354 g/mol. The zero-order chi connectivity index (χ0) is 17.1. The van der Waals surface area contributed by atoms with Crippen LogP contribution in [0.4, 0.5) is 4.79 Å². The van der Waals surface area contributed by atoms with E-state index in [0.717, 1.165) is 40.6 Å². The Labute approximate surface area is 154 Å². The molecule has 0 unspecified atom stereocenters. The SMILES string of the molecule is O=C(NCCc1csc2nc(-c3cccs3)nn12)NC1CCCCC1. The van der Waals surface area contributed by atoms with Crippen molar-refractivity contribution in [1.29, 1.82) is 0 Å². The van der Waals surface area contributed by atoms with Crippen molar-refractivity contribution in [1.82, 2.24) is 25.2 Å². The Kier molecular flexibility index (Phi) is 4.98. The van der Waals surface area contributed by atoms with Gasteiger partial charge in [0.15, 0.2) is 5.82 Å². The van der Waals surface area contributed by atoms with Crippen molar-refractivity contribution in [3.63, 3.8) is 0 Å². The minimum atomic E-state index is -0.0590. The summed E-state index contributed by atoms with van der Waals surface area (Å²) in [5.41, 5.74) is 1.08. The molecule has 6 nitrogen and oxygen atoms in total. The summed E-state index contributed by atoms with van der Waals surface area (Å²) in [5, 5.41) is 14.7. The van der Waals surface area contributed by atoms with Gasteiger partial charge < -0.3 is 10.6 Å². The zero-order valence-electron chi connectivity index (χ0n) is 13.9. The molecule has 0 bridgehead atoms. The number of hydrogen-bond donors (Lipinski definition) is 2. The lowest BCUT2D eigenvalue weighted by Crippen LogP contribution is -2.43. The number of thiophene rings is 1. The second kappa shape index (κ2) is 7.53. The van der Waals surface area contributed by atoms with Crippen LogP contribution in [0, 0.1) is 0 Å². The number of carbonyl (C=O) groups is 1. The van der Waals surface area contributed by atoms with Crippen LogP contribution in [0.5, 0.6) is 0 Å². The summed E-state index contributed by atoms with van der Waals surface area (Å²) in [6.45, 7) is 0.596. The van der Waals surface area contributed by atoms with Crippen molar-refractivity contribution in [2.24, 2.45) is 0 Å². The Morgan fingerprint density at radius 1 is 1.28 bits per heavy atom. The van der Waals surface area contributed by atoms with Crippen molar-refractivity contribution in [2.45, 2.75) is 44.6 Å². The van der Waals surface area contributed by atoms with Crippen LogP contribution in [0.1, 0.15) is 37.8 Å². The molecule has 2 amide bonds. The molecule has 1 aliphatic carbocycles. The highest BCUT2D eigenvalue weighted by atomic mass is 32.1. The fourth-order valence-corrected chi connectivity index (χ4v) is 4.70. The summed E-state index contributed by atoms with van der Waals surface area (Å²) in [7, 11) is 0. The average molecular weight is 376 g/mol. The van der Waals surface area contributed by atoms with E-state index in [-0.39, 0.29) is 6.03 Å². The van der Waals surface area contributed by atoms with Crippen molar-refractivity contribution in [3.8, 4) is 10.7 Å². The minimum Gasteiger partial charge on any atom is -0.338 e. The van der Waals surface area contributed by atoms with Crippen LogP contribution in [0.15, 0.2) is 22.9 Å². The van der Waals surface area contributed by atoms with E-state index >= 15 is 0 Å². The molecule has 1 saturated carbocycles. The minimum absolute atomic E-state index is 0.0590. The van der Waals surface area contributed by atoms with Gasteiger partial charge in [0.25, 0.3) is 0 Å². The molecule has 0 saturated heterocycles. The van der Waals surface area contributed by atoms with E-state index in [1.54, 1.807) is 22.7 Å². The number of fused-ring (bicyclic) bond motifs is 1. The van der Waals surface area contributed by atoms with Crippen molar-refractivity contribution in [3.05, 3.63) is 28.6 Å². The highest BCUT2D eigenvalue weighted by molar-refractivity contribution is 7.15. The van der Waals surface area contributed by atoms with Gasteiger partial charge in [-0.1, -0.05) is 25.3 Å². The van der Waals surface area contributed by atoms with Crippen LogP contribution >= 0.6 is 22.7 Å². The molecule has 132 valence electrons. The summed E-state index contributed by atoms with van der Waals surface area (Å²) in [4.78, 5) is 18.6. The van der Waals surface area contributed by atoms with Crippen LogP contribution in [-0.4, -0.2) is 33.2 Å². The third-order valence-corrected chi connectivity index (χ3v) is 6.23. The van der Waals surface area contributed by atoms with Gasteiger partial charge in [0, 0.05) is 24.4 Å². The first-order valence-electron chi connectivity index (χ1n) is 8.71. The number of aromatic nitrogens is 3. The van der Waals surface area contributed by atoms with Crippen LogP contribution in [0.25, 0.3) is 15.7 Å². The van der Waals surface area contributed by atoms with Crippen molar-refractivity contribution in [2.75, 3.05) is 6.54 Å². The van der Waals surface area contributed by atoms with Gasteiger partial charge in [-0.2, -0.15) is 4.98 Å². The number of carbonyl (C=O) groups excluding carboxylic acids is 1. The van der Waals surface area contributed by atoms with Crippen LogP contribution < -0.4 is 10.6 Å². The van der Waals surface area contributed by atoms with Gasteiger partial charge in [-0.05, 0) is 24.3 Å². The van der Waals surface area contributed by atoms with Gasteiger partial charge in [0.1, 0.15) is 0 Å². The molecule has 1 fully saturated rings. The first-order valence-corrected chi connectivity index (χ1v) is 10.5. The molecule has 0 aliphatic heterocycles. The molecule has 25 heavy (non-hydrogen) atoms. The van der Waals surface area contributed by atoms with Crippen LogP contribution in [0.2, 0.25) is 0 Å². The van der Waals surface area contributed by atoms with E-state index in [9.17, 15) is 4.79 Å². The molecule has 3 aromatic heterocycles. The number of thiazole rings is 1. The fourth-order valence-electron chi connectivity index (χ4n) is 3.19. The first kappa shape index (κ1) is 16.5. The van der Waals surface area contributed by atoms with Gasteiger partial charge >= 0.3 is 6.03 Å². The predicted molar refractivity (Wildman–Crippen MR) is 101 cm³/mol. The Morgan fingerprint density at radius 2 is 2.16 bits per heavy atom. The molecule has 8 heteroatoms. The maximum atomic E-state index is 12.0. The summed E-state index contributed by atoms with van der Waals surface area (Å²) in [6.07, 6.45) is 6.67. The van der Waals surface area contributed by atoms with E-state index in [4.69, 9.17) is 0 Å². The topological polar surface area (TPSA) is 71.3 Å². The summed E-state index contributed by atoms with van der Waals surface area (Å²) >= 11 is 3.22. The van der Waals surface area contributed by atoms with Crippen molar-refractivity contribution < 1.29 is 4.79 Å². The van der Waals surface area contributed by atoms with Gasteiger partial charge in [-0.25, -0.2) is 9.31 Å². The second-order valence-electron chi connectivity index (χ2n) is 6.32. The first-order chi connectivity index (χ1) is 12.3. The summed E-state index contributed by atoms with van der Waals surface area (Å²) < 4.78 is 1.89. The molecule has 3 heterocycles. The summed E-state index contributed by atoms with van der Waals surface area (Å²) in [5.74, 6) is 0.770. The lowest BCUT2D eigenvalue weighted by molar-refractivity contribution is 0.233. The van der Waals surface area contributed by atoms with E-state index < -0.39 is 0 Å². The molecule has 4 rings (SSSR count). The molecule has 3 aromatic rings. The average Bonchev–Trinajstić information content (AvgIpc) is 3.33. The normalized spacial score (nSPS) is 15.5. The van der Waals surface area contributed by atoms with E-state index in [2.05, 4.69) is 26.1 Å². The number of amides is 2. The van der Waals surface area contributed by atoms with Gasteiger partial charge in [-0.3, -0.25) is 0 Å². The lowest BCUT2D eigenvalue weighted by Gasteiger charge is -2.22. The standard InChI is InChI=1S/C17H21N5OS2/c23-16(19-12-5-2-1-3-6-12)18-9-8-13-11-25-17-20-15(21-22(13)17)14-7-4-10-24-14/h4,7,10-12H,1-3,5-6,8-9H2,(H2,18,19,23). The Hall–Kier alpha value is -1.93. The second-order valence-corrected chi connectivity index (χ2v) is 8.10. The molecule has 0 radical (unpaired) electrons. The highest BCUT2D eigenvalue weighted by Gasteiger charge is 2.16. The number of nitrogens with one attached hydrogen (secondary N) is 2. The Balaban J connectivity index is 1.32. The smallest absolute Gasteiger partial charge is 0.315 e. The van der Waals surface area contributed by atoms with Gasteiger partial charge in [0.05, 0.1) is 10.6 Å². The molecule has 1 aliphatic rings. The maximum Gasteiger partial charge on any atom is 0.315 e. The third-order valence-electron chi connectivity index (χ3n) is 4.50. The van der Waals surface area contributed by atoms with Crippen molar-refractivity contribution >= 4 is 33.7 Å². The van der Waals surface area contributed by atoms with Gasteiger partial charge in [-0.15, -0.1) is 27.8 Å². The molecular formula is C17H21N5OS2. The van der Waals surface area contributed by atoms with Crippen LogP contribution in [0.3, 0.4) is 0 Å². The number of nitrogens with zero attached hydrogens (tertiary/aromatic N) is 3.